The highest BCUT2D eigenvalue weighted by atomic mass is 16.5. The van der Waals surface area contributed by atoms with Gasteiger partial charge in [0.1, 0.15) is 0 Å². The van der Waals surface area contributed by atoms with Crippen LogP contribution in [0.1, 0.15) is 63.6 Å². The second-order valence-corrected chi connectivity index (χ2v) is 7.25. The van der Waals surface area contributed by atoms with Crippen LogP contribution in [0, 0.1) is 0 Å². The Labute approximate surface area is 170 Å². The van der Waals surface area contributed by atoms with Crippen LogP contribution in [0.2, 0.25) is 0 Å². The normalized spacial score (nSPS) is 12.4. The number of benzene rings is 1. The maximum Gasteiger partial charge on any atom is 0.0929 e. The first kappa shape index (κ1) is 22.0. The number of hydrogen-bond acceptors (Lipinski definition) is 3. The van der Waals surface area contributed by atoms with Crippen molar-refractivity contribution in [3.8, 4) is 11.3 Å². The van der Waals surface area contributed by atoms with Crippen molar-refractivity contribution < 1.29 is 4.74 Å². The van der Waals surface area contributed by atoms with Gasteiger partial charge in [0.05, 0.1) is 17.5 Å². The number of hydrogen-bond donors (Lipinski definition) is 0. The Kier molecular flexibility index (Phi) is 10.2. The smallest absolute Gasteiger partial charge is 0.0929 e. The molecule has 0 fully saturated rings. The first-order chi connectivity index (χ1) is 13.7. The van der Waals surface area contributed by atoms with E-state index in [0.717, 1.165) is 49.2 Å². The molecule has 1 aromatic carbocycles. The molecule has 1 atom stereocenters. The minimum absolute atomic E-state index is 0.364. The molecule has 0 aliphatic heterocycles. The molecule has 0 saturated carbocycles. The zero-order valence-corrected chi connectivity index (χ0v) is 17.4. The minimum atomic E-state index is 0.364. The van der Waals surface area contributed by atoms with E-state index in [1.165, 1.54) is 24.8 Å². The molecular weight excluding hydrogens is 344 g/mol. The van der Waals surface area contributed by atoms with Crippen molar-refractivity contribution in [2.75, 3.05) is 6.61 Å². The van der Waals surface area contributed by atoms with Gasteiger partial charge in [-0.05, 0) is 50.3 Å². The fourth-order valence-electron chi connectivity index (χ4n) is 3.00. The van der Waals surface area contributed by atoms with Crippen LogP contribution in [0.3, 0.4) is 0 Å². The average Bonchev–Trinajstić information content (AvgIpc) is 2.72. The quantitative estimate of drug-likeness (QED) is 0.289. The van der Waals surface area contributed by atoms with Crippen LogP contribution < -0.4 is 0 Å². The highest BCUT2D eigenvalue weighted by molar-refractivity contribution is 5.62. The summed E-state index contributed by atoms with van der Waals surface area (Å²) < 4.78 is 5.85. The predicted octanol–water partition coefficient (Wildman–Crippen LogP) is 6.65. The van der Waals surface area contributed by atoms with Gasteiger partial charge in [0.25, 0.3) is 0 Å². The molecule has 1 unspecified atom stereocenters. The van der Waals surface area contributed by atoms with Crippen molar-refractivity contribution in [2.45, 2.75) is 64.9 Å². The van der Waals surface area contributed by atoms with Crippen LogP contribution >= 0.6 is 0 Å². The van der Waals surface area contributed by atoms with Crippen molar-refractivity contribution in [3.63, 3.8) is 0 Å². The fraction of sp³-hybridized carbons (Fsp3) is 0.440. The van der Waals surface area contributed by atoms with Crippen LogP contribution in [0.15, 0.2) is 55.1 Å². The van der Waals surface area contributed by atoms with E-state index in [1.807, 2.05) is 18.2 Å². The first-order valence-electron chi connectivity index (χ1n) is 10.5. The monoisotopic (exact) mass is 378 g/mol. The number of unbranched alkanes of at least 4 members (excludes halogenated alkanes) is 3. The maximum atomic E-state index is 5.85. The van der Waals surface area contributed by atoms with Crippen molar-refractivity contribution in [1.29, 1.82) is 0 Å². The molecule has 0 saturated heterocycles. The molecule has 0 amide bonds. The summed E-state index contributed by atoms with van der Waals surface area (Å²) in [6.45, 7) is 9.03. The molecule has 0 spiro atoms. The summed E-state index contributed by atoms with van der Waals surface area (Å²) in [6.07, 6.45) is 14.5. The molecule has 0 N–H and O–H groups in total. The van der Waals surface area contributed by atoms with Gasteiger partial charge < -0.3 is 4.74 Å². The van der Waals surface area contributed by atoms with Crippen molar-refractivity contribution in [1.82, 2.24) is 10.2 Å². The molecule has 3 heteroatoms. The highest BCUT2D eigenvalue weighted by Gasteiger charge is 2.02. The number of allylic oxidation sites excluding steroid dienone is 2. The molecule has 3 nitrogen and oxygen atoms in total. The summed E-state index contributed by atoms with van der Waals surface area (Å²) in [5.74, 6) is 0. The van der Waals surface area contributed by atoms with E-state index < -0.39 is 0 Å². The lowest BCUT2D eigenvalue weighted by atomic mass is 10.1. The van der Waals surface area contributed by atoms with E-state index >= 15 is 0 Å². The number of nitrogens with zero attached hydrogens (tertiary/aromatic N) is 2. The van der Waals surface area contributed by atoms with Gasteiger partial charge >= 0.3 is 0 Å². The summed E-state index contributed by atoms with van der Waals surface area (Å²) in [6, 6.07) is 12.5. The highest BCUT2D eigenvalue weighted by Crippen LogP contribution is 2.18. The Hall–Kier alpha value is -2.26. The first-order valence-corrected chi connectivity index (χ1v) is 10.5. The van der Waals surface area contributed by atoms with E-state index in [2.05, 4.69) is 67.0 Å². The Morgan fingerprint density at radius 2 is 1.86 bits per heavy atom. The van der Waals surface area contributed by atoms with E-state index in [4.69, 9.17) is 4.74 Å². The number of aromatic nitrogens is 2. The van der Waals surface area contributed by atoms with Gasteiger partial charge in [0, 0.05) is 18.6 Å². The second kappa shape index (κ2) is 13.0. The number of rotatable bonds is 13. The lowest BCUT2D eigenvalue weighted by molar-refractivity contribution is 0.0566. The molecular formula is C25H34N2O. The minimum Gasteiger partial charge on any atom is -0.379 e. The second-order valence-electron chi connectivity index (χ2n) is 7.25. The summed E-state index contributed by atoms with van der Waals surface area (Å²) >= 11 is 0. The summed E-state index contributed by atoms with van der Waals surface area (Å²) in [5.41, 5.74) is 4.14. The molecule has 0 aliphatic rings. The molecule has 150 valence electrons. The van der Waals surface area contributed by atoms with Crippen molar-refractivity contribution in [2.24, 2.45) is 0 Å². The van der Waals surface area contributed by atoms with E-state index in [1.54, 1.807) is 0 Å². The zero-order chi connectivity index (χ0) is 20.0. The van der Waals surface area contributed by atoms with Crippen LogP contribution in [0.4, 0.5) is 0 Å². The number of ether oxygens (including phenoxy) is 1. The molecule has 1 heterocycles. The lowest BCUT2D eigenvalue weighted by Crippen LogP contribution is -2.08. The Morgan fingerprint density at radius 3 is 2.54 bits per heavy atom. The Bertz CT molecular complexity index is 704. The van der Waals surface area contributed by atoms with Crippen LogP contribution in [-0.4, -0.2) is 22.9 Å². The van der Waals surface area contributed by atoms with Crippen LogP contribution in [-0.2, 0) is 11.2 Å². The van der Waals surface area contributed by atoms with Gasteiger partial charge in [-0.25, -0.2) is 0 Å². The van der Waals surface area contributed by atoms with Crippen LogP contribution in [0.25, 0.3) is 17.3 Å². The molecule has 0 aliphatic carbocycles. The third-order valence-corrected chi connectivity index (χ3v) is 4.72. The van der Waals surface area contributed by atoms with Gasteiger partial charge in [-0.15, -0.1) is 6.58 Å². The lowest BCUT2D eigenvalue weighted by Gasteiger charge is -2.11. The van der Waals surface area contributed by atoms with E-state index in [9.17, 15) is 0 Å². The predicted molar refractivity (Wildman–Crippen MR) is 119 cm³/mol. The average molecular weight is 379 g/mol. The van der Waals surface area contributed by atoms with Gasteiger partial charge in [-0.3, -0.25) is 0 Å². The Morgan fingerprint density at radius 1 is 1.04 bits per heavy atom. The third-order valence-electron chi connectivity index (χ3n) is 4.72. The third kappa shape index (κ3) is 8.18. The SMILES string of the molecule is C=CCc1ccc(-c2ccc(C=CCCCC(C)OCCCCC)cc2)nn1. The van der Waals surface area contributed by atoms with Gasteiger partial charge in [0.2, 0.25) is 0 Å². The summed E-state index contributed by atoms with van der Waals surface area (Å²) in [5, 5.41) is 8.54. The van der Waals surface area contributed by atoms with E-state index in [0.29, 0.717) is 6.10 Å². The van der Waals surface area contributed by atoms with Gasteiger partial charge in [-0.2, -0.15) is 10.2 Å². The maximum absolute atomic E-state index is 5.85. The van der Waals surface area contributed by atoms with E-state index in [-0.39, 0.29) is 0 Å². The summed E-state index contributed by atoms with van der Waals surface area (Å²) in [4.78, 5) is 0. The molecule has 0 radical (unpaired) electrons. The molecule has 1 aromatic heterocycles. The van der Waals surface area contributed by atoms with Crippen molar-refractivity contribution in [3.05, 3.63) is 66.4 Å². The largest absolute Gasteiger partial charge is 0.379 e. The Balaban J connectivity index is 1.72. The molecule has 2 rings (SSSR count). The fourth-order valence-corrected chi connectivity index (χ4v) is 3.00. The van der Waals surface area contributed by atoms with Crippen LogP contribution in [0.5, 0.6) is 0 Å². The zero-order valence-electron chi connectivity index (χ0n) is 17.4. The standard InChI is InChI=1S/C25H34N2O/c1-4-6-10-20-28-21(3)12-8-7-9-13-22-14-16-23(17-15-22)25-19-18-24(11-5-2)26-27-25/h5,9,13-19,21H,2,4,6-8,10-12,20H2,1,3H3. The van der Waals surface area contributed by atoms with Gasteiger partial charge in [-0.1, -0.05) is 62.3 Å². The molecule has 28 heavy (non-hydrogen) atoms. The summed E-state index contributed by atoms with van der Waals surface area (Å²) in [7, 11) is 0. The van der Waals surface area contributed by atoms with Gasteiger partial charge in [0.15, 0.2) is 0 Å². The topological polar surface area (TPSA) is 35.0 Å². The van der Waals surface area contributed by atoms with Crippen molar-refractivity contribution >= 4 is 6.08 Å². The molecule has 2 aromatic rings. The molecule has 0 bridgehead atoms.